The van der Waals surface area contributed by atoms with Gasteiger partial charge >= 0.3 is 5.97 Å². The van der Waals surface area contributed by atoms with Crippen LogP contribution in [0, 0.1) is 0 Å². The van der Waals surface area contributed by atoms with E-state index in [9.17, 15) is 38.7 Å². The largest absolute Gasteiger partial charge is 0.481 e. The summed E-state index contributed by atoms with van der Waals surface area (Å²) in [6.45, 7) is 5.53. The number of carbonyl (C=O) groups excluding carboxylic acids is 6. The molecule has 0 aromatic heterocycles. The molecule has 2 unspecified atom stereocenters. The summed E-state index contributed by atoms with van der Waals surface area (Å²) in [6, 6.07) is -0.729. The second-order valence-electron chi connectivity index (χ2n) is 16.5. The van der Waals surface area contributed by atoms with E-state index in [2.05, 4.69) is 36.6 Å². The summed E-state index contributed by atoms with van der Waals surface area (Å²) in [4.78, 5) is 81.3. The smallest absolute Gasteiger partial charge is 0.303 e. The number of rotatable bonds is 56. The molecule has 0 aromatic rings. The molecule has 0 fully saturated rings. The number of nitrogens with one attached hydrogen (secondary N) is 6. The first-order valence-electron chi connectivity index (χ1n) is 26.1. The Morgan fingerprint density at radius 3 is 1.37 bits per heavy atom. The molecule has 26 heteroatoms. The summed E-state index contributed by atoms with van der Waals surface area (Å²) in [5, 5.41) is 43.3. The number of aliphatic carboxylic acids is 1. The number of unbranched alkanes of at least 4 members (excludes halogenated alkanes) is 9. The molecule has 0 saturated heterocycles. The van der Waals surface area contributed by atoms with E-state index < -0.39 is 18.3 Å². The molecule has 0 heterocycles. The van der Waals surface area contributed by atoms with Crippen molar-refractivity contribution in [3.05, 3.63) is 0 Å². The number of aliphatic hydroxyl groups is 2. The van der Waals surface area contributed by atoms with Crippen LogP contribution in [0.4, 0.5) is 0 Å². The lowest BCUT2D eigenvalue weighted by atomic mass is 10.0. The number of carboxylic acids is 1. The van der Waals surface area contributed by atoms with Crippen molar-refractivity contribution in [2.24, 2.45) is 0 Å². The van der Waals surface area contributed by atoms with Crippen molar-refractivity contribution in [2.75, 3.05) is 160 Å². The van der Waals surface area contributed by atoms with Crippen LogP contribution in [-0.2, 0) is 80.9 Å². The van der Waals surface area contributed by atoms with Gasteiger partial charge in [0.2, 0.25) is 29.5 Å². The van der Waals surface area contributed by atoms with Gasteiger partial charge in [-0.3, -0.25) is 34.1 Å². The zero-order chi connectivity index (χ0) is 55.5. The Balaban J connectivity index is 0. The molecular weight excluding hydrogens is 993 g/mol. The standard InChI is InChI=1S/C47H88N6O18.C2H6O2/c1-63-47(62)40(53-43(57)13-10-8-6-4-2-3-5-7-9-11-15-46(60)61)16-17-42(56)49-18-12-14-41(55)50-20-25-67-33-36-71-39-48-19-24-64-31-34-69-37-44(58)52-22-27-66-32-35-70-38-45(59)51-21-26-65-29-30-68-28-23-54;1-4-2-3/h23,40,47-48,62H,2-22,24-39H2,1H3,(H,49,56)(H,50,55)(H,51,59)(H,52,58)(H,53,57)(H,60,61);3H,2H2,1H3. The predicted octanol–water partition coefficient (Wildman–Crippen LogP) is -0.312. The Labute approximate surface area is 443 Å². The second kappa shape index (κ2) is 59.2. The van der Waals surface area contributed by atoms with Crippen molar-refractivity contribution < 1.29 is 96.2 Å². The summed E-state index contributed by atoms with van der Waals surface area (Å²) in [5.74, 6) is -1.92. The van der Waals surface area contributed by atoms with Gasteiger partial charge in [-0.1, -0.05) is 51.4 Å². The number of ether oxygens (including phenoxy) is 10. The van der Waals surface area contributed by atoms with Crippen molar-refractivity contribution >= 4 is 41.8 Å². The average molecular weight is 1090 g/mol. The van der Waals surface area contributed by atoms with Gasteiger partial charge in [0.25, 0.3) is 0 Å². The van der Waals surface area contributed by atoms with E-state index in [0.29, 0.717) is 111 Å². The zero-order valence-electron chi connectivity index (χ0n) is 44.9. The minimum absolute atomic E-state index is 0.0317. The summed E-state index contributed by atoms with van der Waals surface area (Å²) < 4.78 is 51.6. The topological polar surface area (TPSA) is 345 Å². The lowest BCUT2D eigenvalue weighted by molar-refractivity contribution is -0.137. The summed E-state index contributed by atoms with van der Waals surface area (Å²) >= 11 is 0. The van der Waals surface area contributed by atoms with Gasteiger partial charge in [0.1, 0.15) is 32.9 Å². The third-order valence-corrected chi connectivity index (χ3v) is 10.2. The predicted molar refractivity (Wildman–Crippen MR) is 273 cm³/mol. The first-order valence-corrected chi connectivity index (χ1v) is 26.1. The third-order valence-electron chi connectivity index (χ3n) is 10.2. The maximum atomic E-state index is 12.5. The van der Waals surface area contributed by atoms with Gasteiger partial charge in [-0.25, -0.2) is 0 Å². The highest BCUT2D eigenvalue weighted by molar-refractivity contribution is 5.78. The Hall–Kier alpha value is -4.03. The molecule has 9 N–H and O–H groups in total. The lowest BCUT2D eigenvalue weighted by Crippen LogP contribution is -2.44. The van der Waals surface area contributed by atoms with Crippen molar-refractivity contribution in [3.63, 3.8) is 0 Å². The highest BCUT2D eigenvalue weighted by Crippen LogP contribution is 2.13. The van der Waals surface area contributed by atoms with Crippen LogP contribution in [-0.4, -0.2) is 229 Å². The van der Waals surface area contributed by atoms with Gasteiger partial charge in [0.05, 0.1) is 92.1 Å². The number of aldehydes is 1. The van der Waals surface area contributed by atoms with Crippen LogP contribution in [0.1, 0.15) is 103 Å². The SMILES string of the molecule is COC(O)C(CCC(=O)NCCCC(=O)NCCOCCOCNCCOCCOCC(=O)NCCOCCOCC(=O)NCCOCCOCC=O)NC(=O)CCCCCCCCCCCCC(=O)O.COCO. The van der Waals surface area contributed by atoms with Crippen molar-refractivity contribution in [2.45, 2.75) is 115 Å². The molecule has 0 saturated carbocycles. The van der Waals surface area contributed by atoms with Crippen LogP contribution in [0.3, 0.4) is 0 Å². The summed E-state index contributed by atoms with van der Waals surface area (Å²) in [7, 11) is 2.76. The van der Waals surface area contributed by atoms with Gasteiger partial charge < -0.3 is 94.1 Å². The molecule has 0 aliphatic carbocycles. The molecule has 2 atom stereocenters. The number of aliphatic hydroxyl groups excluding tert-OH is 2. The van der Waals surface area contributed by atoms with Crippen molar-refractivity contribution in [3.8, 4) is 0 Å². The highest BCUT2D eigenvalue weighted by atomic mass is 16.6. The fraction of sp³-hybridized carbons (Fsp3) is 0.857. The van der Waals surface area contributed by atoms with Crippen LogP contribution in [0.15, 0.2) is 0 Å². The van der Waals surface area contributed by atoms with Gasteiger partial charge in [-0.2, -0.15) is 0 Å². The van der Waals surface area contributed by atoms with Crippen LogP contribution in [0.2, 0.25) is 0 Å². The molecule has 0 bridgehead atoms. The number of methoxy groups -OCH3 is 2. The summed E-state index contributed by atoms with van der Waals surface area (Å²) in [5.41, 5.74) is 0. The minimum Gasteiger partial charge on any atom is -0.481 e. The molecular formula is C49H94N6O20. The van der Waals surface area contributed by atoms with Crippen LogP contribution >= 0.6 is 0 Å². The van der Waals surface area contributed by atoms with E-state index in [0.717, 1.165) is 64.2 Å². The zero-order valence-corrected chi connectivity index (χ0v) is 44.9. The molecule has 5 amide bonds. The average Bonchev–Trinajstić information content (AvgIpc) is 3.40. The molecule has 0 aromatic carbocycles. The summed E-state index contributed by atoms with van der Waals surface area (Å²) in [6.07, 6.45) is 10.8. The fourth-order valence-electron chi connectivity index (χ4n) is 6.24. The van der Waals surface area contributed by atoms with E-state index in [1.54, 1.807) is 0 Å². The minimum atomic E-state index is -1.25. The van der Waals surface area contributed by atoms with E-state index in [-0.39, 0.29) is 108 Å². The molecule has 440 valence electrons. The molecule has 0 aliphatic rings. The first-order chi connectivity index (χ1) is 36.5. The molecule has 0 aliphatic heterocycles. The number of amides is 5. The highest BCUT2D eigenvalue weighted by Gasteiger charge is 2.22. The van der Waals surface area contributed by atoms with E-state index >= 15 is 0 Å². The lowest BCUT2D eigenvalue weighted by Gasteiger charge is -2.23. The number of hydrogen-bond donors (Lipinski definition) is 9. The van der Waals surface area contributed by atoms with Crippen LogP contribution in [0.25, 0.3) is 0 Å². The molecule has 0 radical (unpaired) electrons. The van der Waals surface area contributed by atoms with Crippen LogP contribution in [0.5, 0.6) is 0 Å². The monoisotopic (exact) mass is 1090 g/mol. The Kier molecular flexibility index (Phi) is 57.7. The van der Waals surface area contributed by atoms with E-state index in [1.165, 1.54) is 14.2 Å². The number of hydrogen-bond acceptors (Lipinski definition) is 20. The first kappa shape index (κ1) is 73.0. The molecule has 0 rings (SSSR count). The number of carbonyl (C=O) groups is 7. The maximum Gasteiger partial charge on any atom is 0.303 e. The maximum absolute atomic E-state index is 12.5. The quantitative estimate of drug-likeness (QED) is 0.0214. The second-order valence-corrected chi connectivity index (χ2v) is 16.5. The van der Waals surface area contributed by atoms with Gasteiger partial charge in [-0.05, 0) is 25.7 Å². The third kappa shape index (κ3) is 59.1. The van der Waals surface area contributed by atoms with Gasteiger partial charge in [0.15, 0.2) is 6.29 Å². The Morgan fingerprint density at radius 2 is 0.880 bits per heavy atom. The Morgan fingerprint density at radius 1 is 0.467 bits per heavy atom. The van der Waals surface area contributed by atoms with Crippen molar-refractivity contribution in [1.29, 1.82) is 0 Å². The van der Waals surface area contributed by atoms with Crippen LogP contribution < -0.4 is 31.9 Å². The Bertz CT molecular complexity index is 1370. The number of carboxylic acid groups (broad SMARTS) is 1. The molecule has 0 spiro atoms. The molecule has 75 heavy (non-hydrogen) atoms. The van der Waals surface area contributed by atoms with E-state index in [1.807, 2.05) is 0 Å². The van der Waals surface area contributed by atoms with Crippen molar-refractivity contribution in [1.82, 2.24) is 31.9 Å². The van der Waals surface area contributed by atoms with Gasteiger partial charge in [0, 0.05) is 72.6 Å². The van der Waals surface area contributed by atoms with Gasteiger partial charge in [-0.15, -0.1) is 0 Å². The molecule has 26 nitrogen and oxygen atoms in total. The normalized spacial score (nSPS) is 11.7. The fourth-order valence-corrected chi connectivity index (χ4v) is 6.24. The van der Waals surface area contributed by atoms with E-state index in [4.69, 9.17) is 52.8 Å².